The van der Waals surface area contributed by atoms with Gasteiger partial charge in [-0.2, -0.15) is 4.99 Å². The van der Waals surface area contributed by atoms with Crippen LogP contribution in [0.2, 0.25) is 10.0 Å². The van der Waals surface area contributed by atoms with E-state index in [0.717, 1.165) is 0 Å². The van der Waals surface area contributed by atoms with E-state index in [9.17, 15) is 13.2 Å². The van der Waals surface area contributed by atoms with Crippen LogP contribution in [0.15, 0.2) is 23.2 Å². The molecule has 5 nitrogen and oxygen atoms in total. The van der Waals surface area contributed by atoms with E-state index in [2.05, 4.69) is 4.99 Å². The first-order valence-electron chi connectivity index (χ1n) is 7.73. The number of nitrogens with zero attached hydrogens (tertiary/aromatic N) is 2. The van der Waals surface area contributed by atoms with Crippen LogP contribution in [0.4, 0.5) is 5.69 Å². The van der Waals surface area contributed by atoms with Crippen LogP contribution in [0.25, 0.3) is 0 Å². The highest BCUT2D eigenvalue weighted by Crippen LogP contribution is 2.45. The van der Waals surface area contributed by atoms with Gasteiger partial charge in [0, 0.05) is 10.7 Å². The Morgan fingerprint density at radius 2 is 1.84 bits per heavy atom. The van der Waals surface area contributed by atoms with Crippen molar-refractivity contribution in [2.75, 3.05) is 16.4 Å². The van der Waals surface area contributed by atoms with Gasteiger partial charge in [0.2, 0.25) is 0 Å². The summed E-state index contributed by atoms with van der Waals surface area (Å²) in [4.78, 5) is 18.4. The Morgan fingerprint density at radius 3 is 2.40 bits per heavy atom. The second-order valence-electron chi connectivity index (χ2n) is 7.19. The summed E-state index contributed by atoms with van der Waals surface area (Å²) < 4.78 is 24.1. The van der Waals surface area contributed by atoms with Gasteiger partial charge in [-0.15, -0.1) is 0 Å². The molecule has 25 heavy (non-hydrogen) atoms. The number of thioether (sulfide) groups is 1. The zero-order chi connectivity index (χ0) is 18.6. The van der Waals surface area contributed by atoms with E-state index in [1.807, 2.05) is 0 Å². The average molecular weight is 421 g/mol. The fraction of sp³-hybridized carbons (Fsp3) is 0.500. The van der Waals surface area contributed by atoms with E-state index < -0.39 is 15.3 Å². The first kappa shape index (κ1) is 19.0. The van der Waals surface area contributed by atoms with Crippen LogP contribution >= 0.6 is 35.0 Å². The minimum absolute atomic E-state index is 0.00501. The van der Waals surface area contributed by atoms with Gasteiger partial charge in [0.15, 0.2) is 15.0 Å². The van der Waals surface area contributed by atoms with Crippen molar-refractivity contribution in [2.24, 2.45) is 10.4 Å². The molecule has 2 fully saturated rings. The van der Waals surface area contributed by atoms with Crippen LogP contribution in [0.3, 0.4) is 0 Å². The number of aliphatic imine (C=N–C) groups is 1. The minimum atomic E-state index is -3.14. The lowest BCUT2D eigenvalue weighted by Gasteiger charge is -2.27. The van der Waals surface area contributed by atoms with Crippen molar-refractivity contribution >= 4 is 61.6 Å². The van der Waals surface area contributed by atoms with Gasteiger partial charge in [-0.3, -0.25) is 4.79 Å². The molecule has 2 aliphatic rings. The third-order valence-corrected chi connectivity index (χ3v) is 7.90. The number of halogens is 2. The van der Waals surface area contributed by atoms with Crippen molar-refractivity contribution < 1.29 is 13.2 Å². The van der Waals surface area contributed by atoms with Crippen molar-refractivity contribution in [3.05, 3.63) is 28.2 Å². The molecule has 2 aliphatic heterocycles. The normalized spacial score (nSPS) is 26.9. The van der Waals surface area contributed by atoms with Crippen LogP contribution in [0.1, 0.15) is 20.8 Å². The molecule has 0 unspecified atom stereocenters. The number of para-hydroxylation sites is 1. The van der Waals surface area contributed by atoms with Gasteiger partial charge < -0.3 is 4.90 Å². The molecule has 0 bridgehead atoms. The van der Waals surface area contributed by atoms with Gasteiger partial charge in [0.25, 0.3) is 5.91 Å². The summed E-state index contributed by atoms with van der Waals surface area (Å²) in [6.07, 6.45) is 0. The summed E-state index contributed by atoms with van der Waals surface area (Å²) in [6, 6.07) is 4.76. The third kappa shape index (κ3) is 3.70. The zero-order valence-electron chi connectivity index (χ0n) is 14.0. The molecule has 2 atom stereocenters. The maximum Gasteiger partial charge on any atom is 0.253 e. The molecule has 9 heteroatoms. The molecule has 3 rings (SSSR count). The van der Waals surface area contributed by atoms with Crippen molar-refractivity contribution in [3.63, 3.8) is 0 Å². The molecule has 1 amide bonds. The van der Waals surface area contributed by atoms with E-state index in [1.165, 1.54) is 11.8 Å². The summed E-state index contributed by atoms with van der Waals surface area (Å²) in [5.41, 5.74) is -0.129. The molecule has 0 aliphatic carbocycles. The molecular weight excluding hydrogens is 403 g/mol. The molecule has 1 aromatic carbocycles. The van der Waals surface area contributed by atoms with Crippen molar-refractivity contribution in [2.45, 2.75) is 32.1 Å². The Labute approximate surface area is 161 Å². The predicted molar refractivity (Wildman–Crippen MR) is 105 cm³/mol. The second kappa shape index (κ2) is 6.44. The first-order valence-corrected chi connectivity index (χ1v) is 11.2. The number of hydrogen-bond donors (Lipinski definition) is 0. The number of fused-ring (bicyclic) bond motifs is 1. The summed E-state index contributed by atoms with van der Waals surface area (Å²) in [5.74, 6) is -0.218. The molecule has 1 aromatic rings. The van der Waals surface area contributed by atoms with Crippen molar-refractivity contribution in [1.29, 1.82) is 0 Å². The quantitative estimate of drug-likeness (QED) is 0.693. The molecule has 2 heterocycles. The van der Waals surface area contributed by atoms with Crippen LogP contribution in [-0.4, -0.2) is 42.3 Å². The van der Waals surface area contributed by atoms with E-state index >= 15 is 0 Å². The lowest BCUT2D eigenvalue weighted by molar-refractivity contribution is -0.124. The van der Waals surface area contributed by atoms with Crippen LogP contribution < -0.4 is 4.90 Å². The average Bonchev–Trinajstić information content (AvgIpc) is 2.90. The smallest absolute Gasteiger partial charge is 0.253 e. The highest BCUT2D eigenvalue weighted by molar-refractivity contribution is 8.16. The minimum Gasteiger partial charge on any atom is -0.313 e. The van der Waals surface area contributed by atoms with Crippen molar-refractivity contribution in [3.8, 4) is 0 Å². The highest BCUT2D eigenvalue weighted by atomic mass is 35.5. The third-order valence-electron chi connectivity index (χ3n) is 4.08. The summed E-state index contributed by atoms with van der Waals surface area (Å²) >= 11 is 14.0. The SMILES string of the molecule is CC(C)(C)C(=O)N=C1S[C@H]2CS(=O)(=O)C[C@H]2N1c1c(Cl)cccc1Cl. The topological polar surface area (TPSA) is 66.8 Å². The largest absolute Gasteiger partial charge is 0.313 e. The molecule has 0 saturated carbocycles. The van der Waals surface area contributed by atoms with Gasteiger partial charge in [0.1, 0.15) is 0 Å². The molecule has 2 saturated heterocycles. The Bertz CT molecular complexity index is 842. The standard InChI is InChI=1S/C16H18Cl2N2O3S2/c1-16(2,3)14(21)19-15-20(13-9(17)5-4-6-10(13)18)11-7-25(22,23)8-12(11)24-15/h4-6,11-12H,7-8H2,1-3H3/t11-,12+/m1/s1. The zero-order valence-corrected chi connectivity index (χ0v) is 17.1. The Hall–Kier alpha value is -0.760. The number of carbonyl (C=O) groups is 1. The Balaban J connectivity index is 2.11. The van der Waals surface area contributed by atoms with Gasteiger partial charge in [-0.05, 0) is 12.1 Å². The van der Waals surface area contributed by atoms with E-state index in [0.29, 0.717) is 20.9 Å². The molecule has 0 radical (unpaired) electrons. The summed E-state index contributed by atoms with van der Waals surface area (Å²) in [5, 5.41) is 1.06. The summed E-state index contributed by atoms with van der Waals surface area (Å²) in [7, 11) is -3.14. The van der Waals surface area contributed by atoms with E-state index in [1.54, 1.807) is 43.9 Å². The fourth-order valence-electron chi connectivity index (χ4n) is 2.80. The van der Waals surface area contributed by atoms with Gasteiger partial charge in [0.05, 0.1) is 33.3 Å². The van der Waals surface area contributed by atoms with E-state index in [4.69, 9.17) is 23.2 Å². The van der Waals surface area contributed by atoms with Gasteiger partial charge in [-0.1, -0.05) is 61.8 Å². The predicted octanol–water partition coefficient (Wildman–Crippen LogP) is 3.64. The maximum atomic E-state index is 12.4. The molecule has 0 spiro atoms. The number of benzene rings is 1. The highest BCUT2D eigenvalue weighted by Gasteiger charge is 2.50. The van der Waals surface area contributed by atoms with Crippen molar-refractivity contribution in [1.82, 2.24) is 0 Å². The Kier molecular flexibility index (Phi) is 4.90. The number of carbonyl (C=O) groups excluding carboxylic acids is 1. The van der Waals surface area contributed by atoms with Gasteiger partial charge in [-0.25, -0.2) is 8.42 Å². The lowest BCUT2D eigenvalue weighted by atomic mass is 9.96. The first-order chi connectivity index (χ1) is 11.5. The number of hydrogen-bond acceptors (Lipinski definition) is 4. The lowest BCUT2D eigenvalue weighted by Crippen LogP contribution is -2.38. The molecular formula is C16H18Cl2N2O3S2. The fourth-order valence-corrected chi connectivity index (χ4v) is 7.28. The van der Waals surface area contributed by atoms with E-state index in [-0.39, 0.29) is 28.7 Å². The number of anilines is 1. The van der Waals surface area contributed by atoms with Crippen LogP contribution in [0, 0.1) is 5.41 Å². The molecule has 136 valence electrons. The number of amides is 1. The molecule has 0 aromatic heterocycles. The monoisotopic (exact) mass is 420 g/mol. The number of amidine groups is 1. The van der Waals surface area contributed by atoms with Crippen LogP contribution in [-0.2, 0) is 14.6 Å². The maximum absolute atomic E-state index is 12.4. The Morgan fingerprint density at radius 1 is 1.24 bits per heavy atom. The number of sulfone groups is 1. The van der Waals surface area contributed by atoms with Gasteiger partial charge >= 0.3 is 0 Å². The van der Waals surface area contributed by atoms with Crippen LogP contribution in [0.5, 0.6) is 0 Å². The second-order valence-corrected chi connectivity index (χ2v) is 11.4. The summed E-state index contributed by atoms with van der Waals surface area (Å²) in [6.45, 7) is 5.37. The number of rotatable bonds is 1. The molecule has 0 N–H and O–H groups in total.